The molecule has 0 aliphatic carbocycles. The zero-order valence-corrected chi connectivity index (χ0v) is 11.6. The minimum absolute atomic E-state index is 0.103. The van der Waals surface area contributed by atoms with Gasteiger partial charge in [-0.1, -0.05) is 0 Å². The molecule has 0 spiro atoms. The molecular formula is C13H18N2O5. The minimum Gasteiger partial charge on any atom is -0.383 e. The number of hydrogen-bond donors (Lipinski definition) is 0. The van der Waals surface area contributed by atoms with E-state index in [1.165, 1.54) is 12.1 Å². The van der Waals surface area contributed by atoms with E-state index in [2.05, 4.69) is 0 Å². The lowest BCUT2D eigenvalue weighted by Crippen LogP contribution is -2.31. The van der Waals surface area contributed by atoms with Crippen LogP contribution in [0.4, 0.5) is 11.4 Å². The molecule has 0 amide bonds. The number of aldehydes is 1. The van der Waals surface area contributed by atoms with E-state index in [9.17, 15) is 14.9 Å². The van der Waals surface area contributed by atoms with Crippen molar-refractivity contribution in [2.24, 2.45) is 0 Å². The number of nitro groups is 1. The molecule has 0 N–H and O–H groups in total. The van der Waals surface area contributed by atoms with Crippen molar-refractivity contribution in [3.63, 3.8) is 0 Å². The Morgan fingerprint density at radius 3 is 2.30 bits per heavy atom. The first-order valence-corrected chi connectivity index (χ1v) is 6.10. The number of carbonyl (C=O) groups is 1. The van der Waals surface area contributed by atoms with Crippen LogP contribution in [0.3, 0.4) is 0 Å². The van der Waals surface area contributed by atoms with Gasteiger partial charge in [-0.3, -0.25) is 14.9 Å². The van der Waals surface area contributed by atoms with Gasteiger partial charge in [-0.2, -0.15) is 0 Å². The first kappa shape index (κ1) is 16.1. The second kappa shape index (κ2) is 8.23. The van der Waals surface area contributed by atoms with Crippen molar-refractivity contribution in [2.45, 2.75) is 0 Å². The molecule has 1 rings (SSSR count). The summed E-state index contributed by atoms with van der Waals surface area (Å²) in [7, 11) is 3.18. The molecule has 1 aromatic rings. The summed E-state index contributed by atoms with van der Waals surface area (Å²) in [5, 5.41) is 10.7. The van der Waals surface area contributed by atoms with Gasteiger partial charge in [-0.05, 0) is 6.07 Å². The van der Waals surface area contributed by atoms with Crippen LogP contribution in [0.5, 0.6) is 0 Å². The summed E-state index contributed by atoms with van der Waals surface area (Å²) in [5.41, 5.74) is 0.820. The van der Waals surface area contributed by atoms with Gasteiger partial charge in [0.25, 0.3) is 5.69 Å². The largest absolute Gasteiger partial charge is 0.383 e. The monoisotopic (exact) mass is 282 g/mol. The summed E-state index contributed by atoms with van der Waals surface area (Å²) >= 11 is 0. The number of benzene rings is 1. The smallest absolute Gasteiger partial charge is 0.270 e. The number of methoxy groups -OCH3 is 2. The van der Waals surface area contributed by atoms with Crippen LogP contribution < -0.4 is 4.90 Å². The van der Waals surface area contributed by atoms with Gasteiger partial charge in [-0.15, -0.1) is 0 Å². The fraction of sp³-hybridized carbons (Fsp3) is 0.462. The fourth-order valence-corrected chi connectivity index (χ4v) is 1.79. The SMILES string of the molecule is COCCN(CCOC)c1ccc([N+](=O)[O-])cc1C=O. The maximum Gasteiger partial charge on any atom is 0.270 e. The highest BCUT2D eigenvalue weighted by molar-refractivity contribution is 5.86. The molecule has 0 aliphatic rings. The predicted octanol–water partition coefficient (Wildman–Crippen LogP) is 1.51. The zero-order chi connectivity index (χ0) is 15.0. The number of anilines is 1. The Labute approximate surface area is 117 Å². The third-order valence-electron chi connectivity index (χ3n) is 2.82. The van der Waals surface area contributed by atoms with E-state index in [-0.39, 0.29) is 11.3 Å². The average molecular weight is 282 g/mol. The van der Waals surface area contributed by atoms with Crippen molar-refractivity contribution in [3.05, 3.63) is 33.9 Å². The first-order chi connectivity index (χ1) is 9.63. The Morgan fingerprint density at radius 2 is 1.85 bits per heavy atom. The fourth-order valence-electron chi connectivity index (χ4n) is 1.79. The van der Waals surface area contributed by atoms with Crippen LogP contribution in [0.25, 0.3) is 0 Å². The number of hydrogen-bond acceptors (Lipinski definition) is 6. The van der Waals surface area contributed by atoms with Crippen molar-refractivity contribution in [3.8, 4) is 0 Å². The maximum atomic E-state index is 11.1. The number of carbonyl (C=O) groups excluding carboxylic acids is 1. The molecular weight excluding hydrogens is 264 g/mol. The molecule has 0 aliphatic heterocycles. The van der Waals surface area contributed by atoms with Crippen LogP contribution in [0.1, 0.15) is 10.4 Å². The van der Waals surface area contributed by atoms with E-state index in [0.717, 1.165) is 0 Å². The highest BCUT2D eigenvalue weighted by atomic mass is 16.6. The molecule has 0 atom stereocenters. The molecule has 0 saturated heterocycles. The molecule has 0 aromatic heterocycles. The van der Waals surface area contributed by atoms with Crippen molar-refractivity contribution >= 4 is 17.7 Å². The minimum atomic E-state index is -0.522. The molecule has 20 heavy (non-hydrogen) atoms. The van der Waals surface area contributed by atoms with Crippen molar-refractivity contribution < 1.29 is 19.2 Å². The summed E-state index contributed by atoms with van der Waals surface area (Å²) in [6.07, 6.45) is 0.620. The number of rotatable bonds is 9. The lowest BCUT2D eigenvalue weighted by atomic mass is 10.1. The van der Waals surface area contributed by atoms with Crippen LogP contribution in [0.15, 0.2) is 18.2 Å². The number of nitrogens with zero attached hydrogens (tertiary/aromatic N) is 2. The topological polar surface area (TPSA) is 81.9 Å². The highest BCUT2D eigenvalue weighted by Crippen LogP contribution is 2.24. The average Bonchev–Trinajstić information content (AvgIpc) is 2.47. The Morgan fingerprint density at radius 1 is 1.25 bits per heavy atom. The van der Waals surface area contributed by atoms with Gasteiger partial charge in [0.05, 0.1) is 18.1 Å². The number of non-ortho nitro benzene ring substituents is 1. The van der Waals surface area contributed by atoms with Gasteiger partial charge >= 0.3 is 0 Å². The Bertz CT molecular complexity index is 456. The molecule has 0 saturated carbocycles. The maximum absolute atomic E-state index is 11.1. The molecule has 0 fully saturated rings. The van der Waals surface area contributed by atoms with Crippen LogP contribution >= 0.6 is 0 Å². The number of nitro benzene ring substituents is 1. The van der Waals surface area contributed by atoms with Crippen LogP contribution in [-0.2, 0) is 9.47 Å². The van der Waals surface area contributed by atoms with Crippen molar-refractivity contribution in [2.75, 3.05) is 45.4 Å². The van der Waals surface area contributed by atoms with E-state index in [1.807, 2.05) is 4.90 Å². The van der Waals surface area contributed by atoms with E-state index in [1.54, 1.807) is 20.3 Å². The van der Waals surface area contributed by atoms with Crippen LogP contribution in [0, 0.1) is 10.1 Å². The van der Waals surface area contributed by atoms with Crippen LogP contribution in [0.2, 0.25) is 0 Å². The molecule has 0 unspecified atom stereocenters. The molecule has 0 radical (unpaired) electrons. The quantitative estimate of drug-likeness (QED) is 0.388. The zero-order valence-electron chi connectivity index (χ0n) is 11.6. The second-order valence-electron chi connectivity index (χ2n) is 4.09. The third kappa shape index (κ3) is 4.29. The molecule has 7 heteroatoms. The van der Waals surface area contributed by atoms with Gasteiger partial charge in [0.1, 0.15) is 0 Å². The summed E-state index contributed by atoms with van der Waals surface area (Å²) in [5.74, 6) is 0. The van der Waals surface area contributed by atoms with E-state index in [4.69, 9.17) is 9.47 Å². The normalized spacial score (nSPS) is 10.3. The Hall–Kier alpha value is -1.99. The molecule has 110 valence electrons. The number of ether oxygens (including phenoxy) is 2. The van der Waals surface area contributed by atoms with Crippen molar-refractivity contribution in [1.29, 1.82) is 0 Å². The predicted molar refractivity (Wildman–Crippen MR) is 74.4 cm³/mol. The summed E-state index contributed by atoms with van der Waals surface area (Å²) in [6.45, 7) is 2.11. The van der Waals surface area contributed by atoms with E-state index < -0.39 is 4.92 Å². The molecule has 0 bridgehead atoms. The third-order valence-corrected chi connectivity index (χ3v) is 2.82. The van der Waals surface area contributed by atoms with E-state index >= 15 is 0 Å². The summed E-state index contributed by atoms with van der Waals surface area (Å²) in [4.78, 5) is 23.3. The highest BCUT2D eigenvalue weighted by Gasteiger charge is 2.15. The first-order valence-electron chi connectivity index (χ1n) is 6.10. The van der Waals surface area contributed by atoms with Gasteiger partial charge in [0, 0.05) is 50.7 Å². The van der Waals surface area contributed by atoms with Gasteiger partial charge in [-0.25, -0.2) is 0 Å². The molecule has 1 aromatic carbocycles. The second-order valence-corrected chi connectivity index (χ2v) is 4.09. The lowest BCUT2D eigenvalue weighted by Gasteiger charge is -2.25. The summed E-state index contributed by atoms with van der Waals surface area (Å²) < 4.78 is 10.1. The lowest BCUT2D eigenvalue weighted by molar-refractivity contribution is -0.384. The Balaban J connectivity index is 3.04. The molecule has 0 heterocycles. The Kier molecular flexibility index (Phi) is 6.61. The van der Waals surface area contributed by atoms with Crippen molar-refractivity contribution in [1.82, 2.24) is 0 Å². The van der Waals surface area contributed by atoms with Gasteiger partial charge in [0.15, 0.2) is 6.29 Å². The molecule has 7 nitrogen and oxygen atoms in total. The van der Waals surface area contributed by atoms with Crippen LogP contribution in [-0.4, -0.2) is 51.7 Å². The standard InChI is InChI=1S/C13H18N2O5/c1-19-7-5-14(6-8-20-2)13-4-3-12(15(17)18)9-11(13)10-16/h3-4,9-10H,5-8H2,1-2H3. The van der Waals surface area contributed by atoms with Gasteiger partial charge in [0.2, 0.25) is 0 Å². The summed E-state index contributed by atoms with van der Waals surface area (Å²) in [6, 6.07) is 4.23. The van der Waals surface area contributed by atoms with Gasteiger partial charge < -0.3 is 14.4 Å². The van der Waals surface area contributed by atoms with E-state index in [0.29, 0.717) is 38.3 Å².